The van der Waals surface area contributed by atoms with Crippen molar-refractivity contribution in [3.05, 3.63) is 29.8 Å². The van der Waals surface area contributed by atoms with Gasteiger partial charge in [-0.15, -0.1) is 0 Å². The summed E-state index contributed by atoms with van der Waals surface area (Å²) in [5.74, 6) is 0.732. The Kier molecular flexibility index (Phi) is 6.06. The molecule has 1 amide bonds. The van der Waals surface area contributed by atoms with Gasteiger partial charge in [-0.05, 0) is 63.5 Å². The molecular weight excluding hydrogens is 346 g/mol. The second-order valence-corrected chi connectivity index (χ2v) is 10.1. The van der Waals surface area contributed by atoms with Gasteiger partial charge in [-0.3, -0.25) is 4.79 Å². The first-order chi connectivity index (χ1) is 12.4. The van der Waals surface area contributed by atoms with Crippen LogP contribution in [0, 0.1) is 12.8 Å². The van der Waals surface area contributed by atoms with Crippen LogP contribution in [0.5, 0.6) is 0 Å². The topological polar surface area (TPSA) is 54.5 Å². The van der Waals surface area contributed by atoms with Gasteiger partial charge in [0.1, 0.15) is 0 Å². The number of hydrogen-bond acceptors (Lipinski definition) is 3. The van der Waals surface area contributed by atoms with Gasteiger partial charge in [0.2, 0.25) is 5.91 Å². The highest BCUT2D eigenvalue weighted by Gasteiger charge is 2.38. The molecule has 144 valence electrons. The van der Waals surface area contributed by atoms with Crippen LogP contribution in [-0.2, 0) is 14.6 Å². The number of sulfone groups is 1. The molecule has 5 heteroatoms. The summed E-state index contributed by atoms with van der Waals surface area (Å²) >= 11 is 0. The molecule has 1 aromatic rings. The van der Waals surface area contributed by atoms with E-state index in [2.05, 4.69) is 11.8 Å². The van der Waals surface area contributed by atoms with Crippen molar-refractivity contribution < 1.29 is 13.2 Å². The molecule has 0 bridgehead atoms. The van der Waals surface area contributed by atoms with Crippen molar-refractivity contribution in [2.45, 2.75) is 82.2 Å². The molecule has 2 fully saturated rings. The molecule has 1 aromatic carbocycles. The van der Waals surface area contributed by atoms with E-state index in [1.165, 1.54) is 19.3 Å². The van der Waals surface area contributed by atoms with Crippen LogP contribution in [-0.4, -0.2) is 37.1 Å². The lowest BCUT2D eigenvalue weighted by atomic mass is 9.84. The van der Waals surface area contributed by atoms with Gasteiger partial charge >= 0.3 is 0 Å². The lowest BCUT2D eigenvalue weighted by Crippen LogP contribution is -2.44. The maximum absolute atomic E-state index is 12.9. The Bertz CT molecular complexity index is 714. The first-order valence-electron chi connectivity index (χ1n) is 10.0. The molecule has 0 spiro atoms. The van der Waals surface area contributed by atoms with Crippen LogP contribution in [0.1, 0.15) is 63.9 Å². The fourth-order valence-corrected chi connectivity index (χ4v) is 5.33. The van der Waals surface area contributed by atoms with E-state index in [1.807, 2.05) is 6.92 Å². The van der Waals surface area contributed by atoms with Crippen LogP contribution < -0.4 is 0 Å². The summed E-state index contributed by atoms with van der Waals surface area (Å²) < 4.78 is 25.1. The molecule has 0 radical (unpaired) electrons. The standard InChI is InChI=1S/C21H31NO3S/c1-3-17-6-8-18(9-7-17)22(19-10-11-19)21(23)14-15-26(24,25)20-12-4-16(2)5-13-20/h4-5,12-13,17-19H,3,6-11,14-15H2,1-2H3. The van der Waals surface area contributed by atoms with E-state index in [4.69, 9.17) is 0 Å². The molecule has 0 unspecified atom stereocenters. The van der Waals surface area contributed by atoms with Crippen LogP contribution >= 0.6 is 0 Å². The second-order valence-electron chi connectivity index (χ2n) is 8.00. The van der Waals surface area contributed by atoms with Gasteiger partial charge in [0, 0.05) is 18.5 Å². The Hall–Kier alpha value is -1.36. The number of carbonyl (C=O) groups excluding carboxylic acids is 1. The van der Waals surface area contributed by atoms with E-state index < -0.39 is 9.84 Å². The highest BCUT2D eigenvalue weighted by Crippen LogP contribution is 2.36. The Morgan fingerprint density at radius 2 is 1.54 bits per heavy atom. The van der Waals surface area contributed by atoms with E-state index >= 15 is 0 Å². The molecule has 3 rings (SSSR count). The van der Waals surface area contributed by atoms with Gasteiger partial charge in [0.25, 0.3) is 0 Å². The zero-order valence-electron chi connectivity index (χ0n) is 16.0. The first-order valence-corrected chi connectivity index (χ1v) is 11.7. The van der Waals surface area contributed by atoms with Crippen LogP contribution in [0.2, 0.25) is 0 Å². The van der Waals surface area contributed by atoms with Gasteiger partial charge in [0.05, 0.1) is 10.6 Å². The molecule has 0 aliphatic heterocycles. The van der Waals surface area contributed by atoms with E-state index in [0.717, 1.165) is 37.2 Å². The molecule has 0 saturated heterocycles. The maximum atomic E-state index is 12.9. The summed E-state index contributed by atoms with van der Waals surface area (Å²) in [4.78, 5) is 15.2. The average Bonchev–Trinajstić information content (AvgIpc) is 3.46. The summed E-state index contributed by atoms with van der Waals surface area (Å²) in [5, 5.41) is 0. The predicted molar refractivity (Wildman–Crippen MR) is 104 cm³/mol. The lowest BCUT2D eigenvalue weighted by Gasteiger charge is -2.37. The van der Waals surface area contributed by atoms with Gasteiger partial charge in [0.15, 0.2) is 9.84 Å². The molecule has 0 heterocycles. The monoisotopic (exact) mass is 377 g/mol. The Morgan fingerprint density at radius 3 is 2.04 bits per heavy atom. The summed E-state index contributed by atoms with van der Waals surface area (Å²) in [7, 11) is -3.40. The molecule has 0 aromatic heterocycles. The number of aryl methyl sites for hydroxylation is 1. The minimum atomic E-state index is -3.40. The van der Waals surface area contributed by atoms with Gasteiger partial charge in [-0.1, -0.05) is 31.0 Å². The number of rotatable bonds is 7. The highest BCUT2D eigenvalue weighted by molar-refractivity contribution is 7.91. The first kappa shape index (κ1) is 19.4. The van der Waals surface area contributed by atoms with Gasteiger partial charge in [-0.25, -0.2) is 8.42 Å². The normalized spacial score (nSPS) is 23.6. The third-order valence-electron chi connectivity index (χ3n) is 5.98. The molecule has 2 saturated carbocycles. The SMILES string of the molecule is CCC1CCC(N(C(=O)CCS(=O)(=O)c2ccc(C)cc2)C2CC2)CC1. The smallest absolute Gasteiger partial charge is 0.224 e. The Balaban J connectivity index is 1.61. The summed E-state index contributed by atoms with van der Waals surface area (Å²) in [6, 6.07) is 7.56. The third kappa shape index (κ3) is 4.67. The van der Waals surface area contributed by atoms with Crippen molar-refractivity contribution in [2.75, 3.05) is 5.75 Å². The van der Waals surface area contributed by atoms with Crippen LogP contribution in [0.3, 0.4) is 0 Å². The maximum Gasteiger partial charge on any atom is 0.224 e. The fourth-order valence-electron chi connectivity index (χ4n) is 4.10. The molecule has 2 aliphatic carbocycles. The number of benzene rings is 1. The van der Waals surface area contributed by atoms with Crippen LogP contribution in [0.15, 0.2) is 29.2 Å². The zero-order valence-corrected chi connectivity index (χ0v) is 16.8. The average molecular weight is 378 g/mol. The molecular formula is C21H31NO3S. The van der Waals surface area contributed by atoms with Crippen molar-refractivity contribution >= 4 is 15.7 Å². The summed E-state index contributed by atoms with van der Waals surface area (Å²) in [5.41, 5.74) is 1.03. The Labute approximate surface area is 157 Å². The van der Waals surface area contributed by atoms with Gasteiger partial charge < -0.3 is 4.90 Å². The molecule has 26 heavy (non-hydrogen) atoms. The van der Waals surface area contributed by atoms with E-state index in [-0.39, 0.29) is 18.1 Å². The largest absolute Gasteiger partial charge is 0.337 e. The van der Waals surface area contributed by atoms with E-state index in [0.29, 0.717) is 17.0 Å². The minimum Gasteiger partial charge on any atom is -0.337 e. The minimum absolute atomic E-state index is 0.0307. The molecule has 0 N–H and O–H groups in total. The summed E-state index contributed by atoms with van der Waals surface area (Å²) in [6.07, 6.45) is 8.00. The third-order valence-corrected chi connectivity index (χ3v) is 7.71. The highest BCUT2D eigenvalue weighted by atomic mass is 32.2. The number of carbonyl (C=O) groups is 1. The molecule has 0 atom stereocenters. The van der Waals surface area contributed by atoms with E-state index in [1.54, 1.807) is 24.3 Å². The number of amides is 1. The van der Waals surface area contributed by atoms with Crippen LogP contribution in [0.4, 0.5) is 0 Å². The number of hydrogen-bond donors (Lipinski definition) is 0. The van der Waals surface area contributed by atoms with Gasteiger partial charge in [-0.2, -0.15) is 0 Å². The van der Waals surface area contributed by atoms with Crippen molar-refractivity contribution in [3.63, 3.8) is 0 Å². The fraction of sp³-hybridized carbons (Fsp3) is 0.667. The zero-order chi connectivity index (χ0) is 18.7. The number of nitrogens with zero attached hydrogens (tertiary/aromatic N) is 1. The van der Waals surface area contributed by atoms with Crippen molar-refractivity contribution in [3.8, 4) is 0 Å². The van der Waals surface area contributed by atoms with Crippen LogP contribution in [0.25, 0.3) is 0 Å². The lowest BCUT2D eigenvalue weighted by molar-refractivity contribution is -0.134. The van der Waals surface area contributed by atoms with Crippen molar-refractivity contribution in [2.24, 2.45) is 5.92 Å². The van der Waals surface area contributed by atoms with E-state index in [9.17, 15) is 13.2 Å². The molecule has 2 aliphatic rings. The Morgan fingerprint density at radius 1 is 1.00 bits per heavy atom. The van der Waals surface area contributed by atoms with Crippen molar-refractivity contribution in [1.82, 2.24) is 4.90 Å². The summed E-state index contributed by atoms with van der Waals surface area (Å²) in [6.45, 7) is 4.17. The second kappa shape index (κ2) is 8.12. The quantitative estimate of drug-likeness (QED) is 0.718. The van der Waals surface area contributed by atoms with Crippen molar-refractivity contribution in [1.29, 1.82) is 0 Å². The molecule has 4 nitrogen and oxygen atoms in total. The predicted octanol–water partition coefficient (Wildman–Crippen LogP) is 4.12.